The molecule has 140 valence electrons. The molecule has 1 saturated carbocycles. The van der Waals surface area contributed by atoms with Crippen molar-refractivity contribution >= 4 is 11.8 Å². The number of Topliss-reactive ketones (excluding diaryl/α,β-unsaturated/α-hetero) is 1. The van der Waals surface area contributed by atoms with E-state index in [0.29, 0.717) is 12.8 Å². The normalized spacial score (nSPS) is 21.5. The van der Waals surface area contributed by atoms with E-state index < -0.39 is 17.5 Å². The van der Waals surface area contributed by atoms with Gasteiger partial charge in [-0.3, -0.25) is 9.59 Å². The van der Waals surface area contributed by atoms with E-state index >= 15 is 0 Å². The van der Waals surface area contributed by atoms with Gasteiger partial charge < -0.3 is 4.74 Å². The molecule has 1 heterocycles. The van der Waals surface area contributed by atoms with Crippen LogP contribution < -0.4 is 0 Å². The minimum absolute atomic E-state index is 0.0794. The smallest absolute Gasteiger partial charge is 0.322 e. The van der Waals surface area contributed by atoms with Crippen LogP contribution in [0.4, 0.5) is 4.39 Å². The zero-order valence-corrected chi connectivity index (χ0v) is 15.7. The second-order valence-electron chi connectivity index (χ2n) is 7.80. The molecule has 0 N–H and O–H groups in total. The molecule has 0 amide bonds. The monoisotopic (exact) mass is 366 g/mol. The SMILES string of the molecule is Cc1cc(C2C(=O)OC3(CCCCC3)C2=O)c(C)cc1-c1ccc(F)cc1. The summed E-state index contributed by atoms with van der Waals surface area (Å²) in [5.74, 6) is -1.60. The molecule has 1 unspecified atom stereocenters. The van der Waals surface area contributed by atoms with E-state index in [1.165, 1.54) is 12.1 Å². The van der Waals surface area contributed by atoms with Crippen LogP contribution in [0.5, 0.6) is 0 Å². The Balaban J connectivity index is 1.72. The Kier molecular flexibility index (Phi) is 4.37. The summed E-state index contributed by atoms with van der Waals surface area (Å²) in [4.78, 5) is 25.8. The average Bonchev–Trinajstić information content (AvgIpc) is 2.88. The highest BCUT2D eigenvalue weighted by atomic mass is 19.1. The Bertz CT molecular complexity index is 908. The predicted molar refractivity (Wildman–Crippen MR) is 101 cm³/mol. The van der Waals surface area contributed by atoms with Gasteiger partial charge in [0.25, 0.3) is 0 Å². The van der Waals surface area contributed by atoms with E-state index in [1.807, 2.05) is 26.0 Å². The van der Waals surface area contributed by atoms with Crippen molar-refractivity contribution < 1.29 is 18.7 Å². The fraction of sp³-hybridized carbons (Fsp3) is 0.391. The van der Waals surface area contributed by atoms with Gasteiger partial charge in [0.05, 0.1) is 0 Å². The van der Waals surface area contributed by atoms with E-state index in [2.05, 4.69) is 0 Å². The van der Waals surface area contributed by atoms with Gasteiger partial charge >= 0.3 is 5.97 Å². The van der Waals surface area contributed by atoms with Crippen LogP contribution in [-0.4, -0.2) is 17.4 Å². The van der Waals surface area contributed by atoms with E-state index in [-0.39, 0.29) is 11.6 Å². The van der Waals surface area contributed by atoms with Gasteiger partial charge in [0.1, 0.15) is 11.7 Å². The Labute approximate surface area is 158 Å². The summed E-state index contributed by atoms with van der Waals surface area (Å²) >= 11 is 0. The second-order valence-corrected chi connectivity index (χ2v) is 7.80. The summed E-state index contributed by atoms with van der Waals surface area (Å²) in [6.45, 7) is 3.86. The number of ether oxygens (including phenoxy) is 1. The summed E-state index contributed by atoms with van der Waals surface area (Å²) in [7, 11) is 0. The molecular weight excluding hydrogens is 343 g/mol. The number of esters is 1. The molecule has 2 fully saturated rings. The molecule has 1 atom stereocenters. The van der Waals surface area contributed by atoms with Gasteiger partial charge in [-0.15, -0.1) is 0 Å². The summed E-state index contributed by atoms with van der Waals surface area (Å²) < 4.78 is 18.9. The number of carbonyl (C=O) groups excluding carboxylic acids is 2. The van der Waals surface area contributed by atoms with Crippen LogP contribution >= 0.6 is 0 Å². The van der Waals surface area contributed by atoms with Gasteiger partial charge in [-0.25, -0.2) is 4.39 Å². The molecule has 1 spiro atoms. The molecule has 0 aromatic heterocycles. The lowest BCUT2D eigenvalue weighted by Crippen LogP contribution is -2.39. The second kappa shape index (κ2) is 6.59. The lowest BCUT2D eigenvalue weighted by Gasteiger charge is -2.29. The predicted octanol–water partition coefficient (Wildman–Crippen LogP) is 5.02. The zero-order valence-electron chi connectivity index (χ0n) is 15.7. The molecule has 2 aromatic carbocycles. The third-order valence-electron chi connectivity index (χ3n) is 5.98. The van der Waals surface area contributed by atoms with Crippen LogP contribution in [0.1, 0.15) is 54.7 Å². The fourth-order valence-electron chi connectivity index (χ4n) is 4.50. The summed E-state index contributed by atoms with van der Waals surface area (Å²) in [5.41, 5.74) is 3.54. The van der Waals surface area contributed by atoms with Crippen molar-refractivity contribution in [2.75, 3.05) is 0 Å². The minimum atomic E-state index is -0.907. The van der Waals surface area contributed by atoms with Gasteiger partial charge in [-0.05, 0) is 79.5 Å². The topological polar surface area (TPSA) is 43.4 Å². The lowest BCUT2D eigenvalue weighted by molar-refractivity contribution is -0.154. The van der Waals surface area contributed by atoms with Crippen LogP contribution in [0.15, 0.2) is 36.4 Å². The first-order valence-electron chi connectivity index (χ1n) is 9.55. The molecule has 4 rings (SSSR count). The molecule has 0 bridgehead atoms. The summed E-state index contributed by atoms with van der Waals surface area (Å²) in [6, 6.07) is 10.2. The third-order valence-corrected chi connectivity index (χ3v) is 5.98. The Morgan fingerprint density at radius 2 is 1.63 bits per heavy atom. The largest absolute Gasteiger partial charge is 0.450 e. The Hall–Kier alpha value is -2.49. The standard InChI is InChI=1S/C23H23FO3/c1-14-13-19(15(2)12-18(14)16-6-8-17(24)9-7-16)20-21(25)23(27-22(20)26)10-4-3-5-11-23/h6-9,12-13,20H,3-5,10-11H2,1-2H3. The molecule has 27 heavy (non-hydrogen) atoms. The quantitative estimate of drug-likeness (QED) is 0.553. The molecule has 3 nitrogen and oxygen atoms in total. The van der Waals surface area contributed by atoms with Crippen LogP contribution in [0, 0.1) is 19.7 Å². The van der Waals surface area contributed by atoms with Crippen molar-refractivity contribution in [2.24, 2.45) is 0 Å². The highest BCUT2D eigenvalue weighted by molar-refractivity contribution is 6.13. The van der Waals surface area contributed by atoms with Gasteiger partial charge in [-0.1, -0.05) is 30.7 Å². The number of ketones is 1. The molecule has 1 aliphatic heterocycles. The molecule has 0 radical (unpaired) electrons. The fourth-order valence-corrected chi connectivity index (χ4v) is 4.50. The maximum atomic E-state index is 13.2. The first kappa shape index (κ1) is 17.9. The lowest BCUT2D eigenvalue weighted by atomic mass is 9.77. The van der Waals surface area contributed by atoms with Crippen molar-refractivity contribution in [1.29, 1.82) is 0 Å². The number of carbonyl (C=O) groups is 2. The van der Waals surface area contributed by atoms with E-state index in [1.54, 1.807) is 12.1 Å². The van der Waals surface area contributed by atoms with Crippen LogP contribution in [0.25, 0.3) is 11.1 Å². The molecule has 1 saturated heterocycles. The number of hydrogen-bond donors (Lipinski definition) is 0. The minimum Gasteiger partial charge on any atom is -0.450 e. The zero-order chi connectivity index (χ0) is 19.2. The van der Waals surface area contributed by atoms with Gasteiger partial charge in [0, 0.05) is 0 Å². The van der Waals surface area contributed by atoms with Crippen molar-refractivity contribution in [3.8, 4) is 11.1 Å². The first-order valence-corrected chi connectivity index (χ1v) is 9.55. The van der Waals surface area contributed by atoms with E-state index in [0.717, 1.165) is 47.1 Å². The Morgan fingerprint density at radius 3 is 2.30 bits per heavy atom. The number of halogens is 1. The van der Waals surface area contributed by atoms with Gasteiger partial charge in [0.15, 0.2) is 11.4 Å². The molecule has 2 aromatic rings. The average molecular weight is 366 g/mol. The van der Waals surface area contributed by atoms with Gasteiger partial charge in [-0.2, -0.15) is 0 Å². The van der Waals surface area contributed by atoms with Crippen LogP contribution in [0.2, 0.25) is 0 Å². The molecule has 2 aliphatic rings. The number of rotatable bonds is 2. The summed E-state index contributed by atoms with van der Waals surface area (Å²) in [6.07, 6.45) is 4.21. The number of hydrogen-bond acceptors (Lipinski definition) is 3. The Morgan fingerprint density at radius 1 is 0.963 bits per heavy atom. The number of aryl methyl sites for hydroxylation is 2. The van der Waals surface area contributed by atoms with Crippen LogP contribution in [0.3, 0.4) is 0 Å². The molecular formula is C23H23FO3. The third kappa shape index (κ3) is 2.97. The highest BCUT2D eigenvalue weighted by Crippen LogP contribution is 2.44. The number of benzene rings is 2. The maximum absolute atomic E-state index is 13.2. The van der Waals surface area contributed by atoms with E-state index in [9.17, 15) is 14.0 Å². The van der Waals surface area contributed by atoms with Crippen molar-refractivity contribution in [1.82, 2.24) is 0 Å². The van der Waals surface area contributed by atoms with Crippen molar-refractivity contribution in [3.05, 3.63) is 58.9 Å². The van der Waals surface area contributed by atoms with E-state index in [4.69, 9.17) is 4.74 Å². The van der Waals surface area contributed by atoms with Gasteiger partial charge in [0.2, 0.25) is 0 Å². The molecule has 4 heteroatoms. The first-order chi connectivity index (χ1) is 12.9. The van der Waals surface area contributed by atoms with Crippen molar-refractivity contribution in [3.63, 3.8) is 0 Å². The van der Waals surface area contributed by atoms with Crippen molar-refractivity contribution in [2.45, 2.75) is 57.5 Å². The maximum Gasteiger partial charge on any atom is 0.322 e. The van der Waals surface area contributed by atoms with Crippen LogP contribution in [-0.2, 0) is 14.3 Å². The highest BCUT2D eigenvalue weighted by Gasteiger charge is 2.55. The molecule has 1 aliphatic carbocycles. The summed E-state index contributed by atoms with van der Waals surface area (Å²) in [5, 5.41) is 0.